The molecule has 3 N–H and O–H groups in total. The minimum absolute atomic E-state index is 0.0177. The van der Waals surface area contributed by atoms with E-state index < -0.39 is 23.2 Å². The number of aliphatic imine (C=N–C) groups is 1. The van der Waals surface area contributed by atoms with E-state index in [0.717, 1.165) is 0 Å². The number of rotatable bonds is 4. The molecule has 0 bridgehead atoms. The minimum Gasteiger partial charge on any atom is -0.379 e. The molecule has 1 unspecified atom stereocenters. The molecule has 0 fully saturated rings. The number of pyridine rings is 1. The number of benzene rings is 1. The van der Waals surface area contributed by atoms with Crippen LogP contribution in [-0.2, 0) is 10.3 Å². The zero-order valence-electron chi connectivity index (χ0n) is 15.7. The maximum absolute atomic E-state index is 14.6. The second-order valence-electron chi connectivity index (χ2n) is 6.72. The molecule has 2 aromatic rings. The highest BCUT2D eigenvalue weighted by Gasteiger charge is 2.38. The number of hydrogen-bond donors (Lipinski definition) is 2. The van der Waals surface area contributed by atoms with Crippen LogP contribution in [0.1, 0.15) is 29.9 Å². The normalized spacial score (nSPS) is 19.1. The maximum Gasteiger partial charge on any atom is 0.288 e. The Morgan fingerprint density at radius 1 is 1.38 bits per heavy atom. The van der Waals surface area contributed by atoms with Gasteiger partial charge in [-0.25, -0.2) is 9.37 Å². The van der Waals surface area contributed by atoms with Gasteiger partial charge in [0.25, 0.3) is 11.8 Å². The maximum atomic E-state index is 14.6. The summed E-state index contributed by atoms with van der Waals surface area (Å²) in [6.45, 7) is 4.04. The van der Waals surface area contributed by atoms with Gasteiger partial charge in [-0.15, -0.1) is 0 Å². The van der Waals surface area contributed by atoms with E-state index in [1.165, 1.54) is 35.4 Å². The number of carbonyl (C=O) groups is 2. The Hall–Kier alpha value is -2.71. The average Bonchev–Trinajstić information content (AvgIpc) is 2.66. The monoisotopic (exact) mass is 437 g/mol. The van der Waals surface area contributed by atoms with E-state index in [0.29, 0.717) is 17.3 Å². The molecule has 1 aliphatic heterocycles. The molecule has 1 atom stereocenters. The predicted molar refractivity (Wildman–Crippen MR) is 110 cm³/mol. The Morgan fingerprint density at radius 3 is 2.76 bits per heavy atom. The lowest BCUT2D eigenvalue weighted by atomic mass is 9.89. The fraction of sp³-hybridized carbons (Fsp3) is 0.263. The van der Waals surface area contributed by atoms with Crippen molar-refractivity contribution in [3.8, 4) is 0 Å². The quantitative estimate of drug-likeness (QED) is 0.766. The predicted octanol–water partition coefficient (Wildman–Crippen LogP) is 3.21. The molecule has 1 aromatic heterocycles. The van der Waals surface area contributed by atoms with Gasteiger partial charge in [-0.3, -0.25) is 14.6 Å². The lowest BCUT2D eigenvalue weighted by Crippen LogP contribution is -2.52. The lowest BCUT2D eigenvalue weighted by Gasteiger charge is -2.37. The van der Waals surface area contributed by atoms with Crippen LogP contribution in [0.5, 0.6) is 0 Å². The van der Waals surface area contributed by atoms with Crippen molar-refractivity contribution in [2.45, 2.75) is 19.4 Å². The van der Waals surface area contributed by atoms with E-state index in [4.69, 9.17) is 28.9 Å². The number of aromatic nitrogens is 1. The summed E-state index contributed by atoms with van der Waals surface area (Å²) in [5.74, 6) is -1.69. The molecule has 3 rings (SSSR count). The third-order valence-corrected chi connectivity index (χ3v) is 5.08. The first kappa shape index (κ1) is 21.0. The topological polar surface area (TPSA) is 101 Å². The summed E-state index contributed by atoms with van der Waals surface area (Å²) < 4.78 is 14.6. The van der Waals surface area contributed by atoms with Crippen molar-refractivity contribution < 1.29 is 14.0 Å². The summed E-state index contributed by atoms with van der Waals surface area (Å²) in [5, 5.41) is 3.02. The number of hydrogen-bond acceptors (Lipinski definition) is 5. The Balaban J connectivity index is 1.94. The van der Waals surface area contributed by atoms with Gasteiger partial charge in [0.1, 0.15) is 17.1 Å². The van der Waals surface area contributed by atoms with E-state index in [1.54, 1.807) is 13.8 Å². The van der Waals surface area contributed by atoms with Crippen molar-refractivity contribution in [3.05, 3.63) is 57.6 Å². The molecular formula is C19H18Cl2FN5O2. The number of likely N-dealkylation sites (N-methyl/N-ethyl adjacent to an activating group) is 1. The number of nitrogens with one attached hydrogen (secondary N) is 1. The highest BCUT2D eigenvalue weighted by atomic mass is 35.5. The van der Waals surface area contributed by atoms with E-state index >= 15 is 0 Å². The van der Waals surface area contributed by atoms with Gasteiger partial charge in [-0.2, -0.15) is 0 Å². The molecule has 1 aliphatic rings. The summed E-state index contributed by atoms with van der Waals surface area (Å²) >= 11 is 11.8. The van der Waals surface area contributed by atoms with Crippen LogP contribution in [0.15, 0.2) is 35.5 Å². The number of halogens is 3. The highest BCUT2D eigenvalue weighted by molar-refractivity contribution is 6.38. The first-order chi connectivity index (χ1) is 13.6. The van der Waals surface area contributed by atoms with Gasteiger partial charge in [0.15, 0.2) is 5.84 Å². The third kappa shape index (κ3) is 4.18. The molecule has 152 valence electrons. The van der Waals surface area contributed by atoms with Crippen molar-refractivity contribution >= 4 is 46.5 Å². The van der Waals surface area contributed by atoms with Crippen LogP contribution in [0, 0.1) is 5.82 Å². The van der Waals surface area contributed by atoms with Crippen LogP contribution in [0.25, 0.3) is 0 Å². The zero-order chi connectivity index (χ0) is 21.3. The highest BCUT2D eigenvalue weighted by Crippen LogP contribution is 2.33. The van der Waals surface area contributed by atoms with Crippen LogP contribution < -0.4 is 11.1 Å². The van der Waals surface area contributed by atoms with Crippen molar-refractivity contribution in [2.24, 2.45) is 10.7 Å². The van der Waals surface area contributed by atoms with Crippen molar-refractivity contribution in [2.75, 3.05) is 18.4 Å². The minimum atomic E-state index is -1.10. The van der Waals surface area contributed by atoms with Crippen LogP contribution in [0.4, 0.5) is 10.1 Å². The largest absolute Gasteiger partial charge is 0.379 e. The molecule has 0 spiro atoms. The van der Waals surface area contributed by atoms with Crippen LogP contribution >= 0.6 is 23.2 Å². The van der Waals surface area contributed by atoms with E-state index in [9.17, 15) is 14.0 Å². The Kier molecular flexibility index (Phi) is 5.77. The number of carbonyl (C=O) groups excluding carboxylic acids is 2. The summed E-state index contributed by atoms with van der Waals surface area (Å²) in [4.78, 5) is 34.2. The third-order valence-electron chi connectivity index (χ3n) is 4.58. The zero-order valence-corrected chi connectivity index (χ0v) is 17.2. The Morgan fingerprint density at radius 2 is 2.10 bits per heavy atom. The molecular weight excluding hydrogens is 420 g/mol. The van der Waals surface area contributed by atoms with Crippen molar-refractivity contribution in [1.82, 2.24) is 9.88 Å². The van der Waals surface area contributed by atoms with Crippen LogP contribution in [-0.4, -0.2) is 40.6 Å². The van der Waals surface area contributed by atoms with Crippen molar-refractivity contribution in [3.63, 3.8) is 0 Å². The van der Waals surface area contributed by atoms with Gasteiger partial charge < -0.3 is 16.0 Å². The smallest absolute Gasteiger partial charge is 0.288 e. The molecule has 29 heavy (non-hydrogen) atoms. The van der Waals surface area contributed by atoms with Gasteiger partial charge in [0, 0.05) is 24.0 Å². The molecule has 10 heteroatoms. The number of nitrogens with zero attached hydrogens (tertiary/aromatic N) is 3. The molecule has 2 amide bonds. The number of anilines is 1. The number of amidine groups is 1. The van der Waals surface area contributed by atoms with Crippen LogP contribution in [0.2, 0.25) is 10.0 Å². The fourth-order valence-electron chi connectivity index (χ4n) is 3.14. The lowest BCUT2D eigenvalue weighted by molar-refractivity contribution is -0.125. The van der Waals surface area contributed by atoms with Gasteiger partial charge in [0.2, 0.25) is 0 Å². The van der Waals surface area contributed by atoms with Crippen molar-refractivity contribution in [1.29, 1.82) is 0 Å². The molecule has 7 nitrogen and oxygen atoms in total. The average molecular weight is 438 g/mol. The standard InChI is InChI=1S/C19H18Cl2FN5O2/c1-3-27-9-19(2,26-16(23)18(27)29)12-7-11(4-5-14(12)22)25-17(28)15-13(21)6-10(20)8-24-15/h4-8H,3,9H2,1-2H3,(H2,23,26)(H,25,28). The number of nitrogens with two attached hydrogens (primary N) is 1. The summed E-state index contributed by atoms with van der Waals surface area (Å²) in [5.41, 5.74) is 5.15. The molecule has 0 radical (unpaired) electrons. The summed E-state index contributed by atoms with van der Waals surface area (Å²) in [6, 6.07) is 5.48. The second kappa shape index (κ2) is 7.96. The summed E-state index contributed by atoms with van der Waals surface area (Å²) in [6.07, 6.45) is 1.30. The fourth-order valence-corrected chi connectivity index (χ4v) is 3.61. The summed E-state index contributed by atoms with van der Waals surface area (Å²) in [7, 11) is 0. The molecule has 0 aliphatic carbocycles. The van der Waals surface area contributed by atoms with Gasteiger partial charge in [-0.1, -0.05) is 23.2 Å². The van der Waals surface area contributed by atoms with Gasteiger partial charge in [-0.05, 0) is 38.1 Å². The Bertz CT molecular complexity index is 1030. The first-order valence-corrected chi connectivity index (χ1v) is 9.47. The van der Waals surface area contributed by atoms with Gasteiger partial charge >= 0.3 is 0 Å². The van der Waals surface area contributed by atoms with E-state index in [2.05, 4.69) is 15.3 Å². The Labute approximate surface area is 176 Å². The number of amides is 2. The molecule has 2 heterocycles. The first-order valence-electron chi connectivity index (χ1n) is 8.71. The molecule has 0 saturated carbocycles. The second-order valence-corrected chi connectivity index (χ2v) is 7.57. The van der Waals surface area contributed by atoms with Crippen LogP contribution in [0.3, 0.4) is 0 Å². The molecule has 1 aromatic carbocycles. The SMILES string of the molecule is CCN1CC(C)(c2cc(NC(=O)c3ncc(Cl)cc3Cl)ccc2F)N=C(N)C1=O. The van der Waals surface area contributed by atoms with E-state index in [-0.39, 0.29) is 28.7 Å². The molecule has 0 saturated heterocycles. The van der Waals surface area contributed by atoms with Gasteiger partial charge in [0.05, 0.1) is 16.6 Å². The van der Waals surface area contributed by atoms with E-state index in [1.807, 2.05) is 0 Å².